The summed E-state index contributed by atoms with van der Waals surface area (Å²) in [7, 11) is 0. The highest BCUT2D eigenvalue weighted by Crippen LogP contribution is 2.63. The molecule has 0 aliphatic heterocycles. The molecule has 1 heteroatoms. The Balaban J connectivity index is 1.58. The molecule has 1 nitrogen and oxygen atoms in total. The van der Waals surface area contributed by atoms with Gasteiger partial charge in [-0.1, -0.05) is 45.1 Å². The standard InChI is InChI=1S/C17H26O/c1-16(2)14-8-10-17(3,12-14)15(16)18-11-9-13-6-4-5-7-13/h4-7,13-15H,8-12H2,1-3H3. The Morgan fingerprint density at radius 2 is 1.89 bits per heavy atom. The molecule has 18 heavy (non-hydrogen) atoms. The van der Waals surface area contributed by atoms with Gasteiger partial charge in [-0.3, -0.25) is 0 Å². The summed E-state index contributed by atoms with van der Waals surface area (Å²) in [5.74, 6) is 1.50. The zero-order valence-electron chi connectivity index (χ0n) is 12.0. The summed E-state index contributed by atoms with van der Waals surface area (Å²) in [6, 6.07) is 0. The lowest BCUT2D eigenvalue weighted by Crippen LogP contribution is -2.42. The van der Waals surface area contributed by atoms with Crippen molar-refractivity contribution in [3.8, 4) is 0 Å². The number of hydrogen-bond acceptors (Lipinski definition) is 1. The first-order valence-electron chi connectivity index (χ1n) is 7.49. The highest BCUT2D eigenvalue weighted by Gasteiger charge is 2.59. The number of hydrogen-bond donors (Lipinski definition) is 0. The maximum absolute atomic E-state index is 6.35. The predicted octanol–water partition coefficient (Wildman–Crippen LogP) is 4.35. The van der Waals surface area contributed by atoms with Crippen molar-refractivity contribution in [3.63, 3.8) is 0 Å². The minimum Gasteiger partial charge on any atom is -0.377 e. The number of fused-ring (bicyclic) bond motifs is 2. The molecular formula is C17H26O. The molecule has 0 aromatic rings. The molecule has 3 aliphatic carbocycles. The van der Waals surface area contributed by atoms with Crippen LogP contribution < -0.4 is 0 Å². The second-order valence-electron chi connectivity index (χ2n) is 7.39. The molecule has 0 heterocycles. The molecule has 2 bridgehead atoms. The third-order valence-corrected chi connectivity index (χ3v) is 5.70. The summed E-state index contributed by atoms with van der Waals surface area (Å²) in [6.07, 6.45) is 14.6. The van der Waals surface area contributed by atoms with Crippen molar-refractivity contribution in [3.05, 3.63) is 24.3 Å². The second-order valence-corrected chi connectivity index (χ2v) is 7.39. The van der Waals surface area contributed by atoms with Crippen LogP contribution in [0.2, 0.25) is 0 Å². The van der Waals surface area contributed by atoms with E-state index in [1.165, 1.54) is 19.3 Å². The summed E-state index contributed by atoms with van der Waals surface area (Å²) in [6.45, 7) is 8.20. The van der Waals surface area contributed by atoms with Gasteiger partial charge in [-0.15, -0.1) is 0 Å². The minimum absolute atomic E-state index is 0.383. The Morgan fingerprint density at radius 1 is 1.17 bits per heavy atom. The molecule has 3 rings (SSSR count). The quantitative estimate of drug-likeness (QED) is 0.716. The lowest BCUT2D eigenvalue weighted by atomic mass is 9.70. The van der Waals surface area contributed by atoms with Gasteiger partial charge in [0.15, 0.2) is 0 Å². The molecule has 2 saturated carbocycles. The van der Waals surface area contributed by atoms with Gasteiger partial charge in [-0.25, -0.2) is 0 Å². The van der Waals surface area contributed by atoms with Gasteiger partial charge in [-0.05, 0) is 48.3 Å². The maximum Gasteiger partial charge on any atom is 0.0682 e. The van der Waals surface area contributed by atoms with Gasteiger partial charge in [-0.2, -0.15) is 0 Å². The minimum atomic E-state index is 0.383. The predicted molar refractivity (Wildman–Crippen MR) is 75.4 cm³/mol. The number of ether oxygens (including phenoxy) is 1. The smallest absolute Gasteiger partial charge is 0.0682 e. The van der Waals surface area contributed by atoms with E-state index in [9.17, 15) is 0 Å². The van der Waals surface area contributed by atoms with E-state index in [0.29, 0.717) is 22.9 Å². The van der Waals surface area contributed by atoms with Crippen LogP contribution in [-0.4, -0.2) is 12.7 Å². The topological polar surface area (TPSA) is 9.23 Å². The van der Waals surface area contributed by atoms with Gasteiger partial charge in [0.2, 0.25) is 0 Å². The van der Waals surface area contributed by atoms with E-state index >= 15 is 0 Å². The van der Waals surface area contributed by atoms with E-state index in [2.05, 4.69) is 45.1 Å². The number of allylic oxidation sites excluding steroid dienone is 4. The molecule has 0 amide bonds. The molecule has 0 radical (unpaired) electrons. The lowest BCUT2D eigenvalue weighted by molar-refractivity contribution is -0.0898. The molecule has 100 valence electrons. The molecule has 0 spiro atoms. The zero-order valence-corrected chi connectivity index (χ0v) is 12.0. The fraction of sp³-hybridized carbons (Fsp3) is 0.765. The fourth-order valence-corrected chi connectivity index (χ4v) is 4.66. The van der Waals surface area contributed by atoms with Crippen LogP contribution in [0, 0.1) is 22.7 Å². The fourth-order valence-electron chi connectivity index (χ4n) is 4.66. The Kier molecular flexibility index (Phi) is 2.93. The van der Waals surface area contributed by atoms with E-state index in [-0.39, 0.29) is 0 Å². The zero-order chi connectivity index (χ0) is 12.8. The van der Waals surface area contributed by atoms with Crippen molar-refractivity contribution < 1.29 is 4.74 Å². The Morgan fingerprint density at radius 3 is 2.50 bits per heavy atom. The summed E-state index contributed by atoms with van der Waals surface area (Å²) in [5, 5.41) is 0. The van der Waals surface area contributed by atoms with Crippen LogP contribution in [0.25, 0.3) is 0 Å². The maximum atomic E-state index is 6.35. The van der Waals surface area contributed by atoms with Crippen LogP contribution in [0.1, 0.15) is 46.5 Å². The monoisotopic (exact) mass is 246 g/mol. The molecule has 0 saturated heterocycles. The van der Waals surface area contributed by atoms with Gasteiger partial charge in [0.1, 0.15) is 0 Å². The average molecular weight is 246 g/mol. The highest BCUT2D eigenvalue weighted by molar-refractivity contribution is 5.17. The average Bonchev–Trinajstić information content (AvgIpc) is 2.96. The second kappa shape index (κ2) is 4.23. The van der Waals surface area contributed by atoms with Crippen molar-refractivity contribution in [2.75, 3.05) is 6.61 Å². The van der Waals surface area contributed by atoms with Crippen LogP contribution in [0.5, 0.6) is 0 Å². The normalized spacial score (nSPS) is 41.1. The molecule has 0 N–H and O–H groups in total. The summed E-state index contributed by atoms with van der Waals surface area (Å²) in [5.41, 5.74) is 0.837. The van der Waals surface area contributed by atoms with E-state index < -0.39 is 0 Å². The summed E-state index contributed by atoms with van der Waals surface area (Å²) >= 11 is 0. The van der Waals surface area contributed by atoms with Crippen LogP contribution >= 0.6 is 0 Å². The lowest BCUT2D eigenvalue weighted by Gasteiger charge is -2.42. The van der Waals surface area contributed by atoms with E-state index in [1.54, 1.807) is 0 Å². The van der Waals surface area contributed by atoms with Gasteiger partial charge in [0, 0.05) is 6.61 Å². The van der Waals surface area contributed by atoms with Crippen LogP contribution in [-0.2, 0) is 4.74 Å². The highest BCUT2D eigenvalue weighted by atomic mass is 16.5. The summed E-state index contributed by atoms with van der Waals surface area (Å²) in [4.78, 5) is 0. The first-order valence-corrected chi connectivity index (χ1v) is 7.49. The van der Waals surface area contributed by atoms with Crippen molar-refractivity contribution >= 4 is 0 Å². The van der Waals surface area contributed by atoms with Crippen molar-refractivity contribution in [1.82, 2.24) is 0 Å². The van der Waals surface area contributed by atoms with Gasteiger partial charge < -0.3 is 4.74 Å². The van der Waals surface area contributed by atoms with E-state index in [0.717, 1.165) is 18.9 Å². The third-order valence-electron chi connectivity index (χ3n) is 5.70. The first kappa shape index (κ1) is 12.5. The van der Waals surface area contributed by atoms with Gasteiger partial charge in [0.05, 0.1) is 6.10 Å². The third kappa shape index (κ3) is 1.87. The molecule has 3 aliphatic rings. The first-order chi connectivity index (χ1) is 8.52. The van der Waals surface area contributed by atoms with E-state index in [1.807, 2.05) is 0 Å². The molecule has 2 fully saturated rings. The molecular weight excluding hydrogens is 220 g/mol. The van der Waals surface area contributed by atoms with Gasteiger partial charge >= 0.3 is 0 Å². The van der Waals surface area contributed by atoms with Crippen LogP contribution in [0.3, 0.4) is 0 Å². The van der Waals surface area contributed by atoms with Crippen molar-refractivity contribution in [1.29, 1.82) is 0 Å². The Labute approximate surface area is 111 Å². The van der Waals surface area contributed by atoms with E-state index in [4.69, 9.17) is 4.74 Å². The van der Waals surface area contributed by atoms with Crippen molar-refractivity contribution in [2.45, 2.75) is 52.6 Å². The molecule has 3 unspecified atom stereocenters. The van der Waals surface area contributed by atoms with Crippen LogP contribution in [0.15, 0.2) is 24.3 Å². The summed E-state index contributed by atoms with van der Waals surface area (Å²) < 4.78 is 6.35. The number of rotatable bonds is 4. The van der Waals surface area contributed by atoms with Crippen LogP contribution in [0.4, 0.5) is 0 Å². The van der Waals surface area contributed by atoms with Gasteiger partial charge in [0.25, 0.3) is 0 Å². The van der Waals surface area contributed by atoms with Crippen molar-refractivity contribution in [2.24, 2.45) is 22.7 Å². The Bertz CT molecular complexity index is 362. The molecule has 3 atom stereocenters. The SMILES string of the molecule is CC12CCC(C1)C(C)(C)C2OCCC1C=CC=C1. The largest absolute Gasteiger partial charge is 0.377 e. The molecule has 0 aromatic heterocycles. The molecule has 0 aromatic carbocycles. The Hall–Kier alpha value is -0.560.